The number of carbonyl (C=O) groups excluding carboxylic acids is 2. The standard InChI is InChI=1S/C20H14Cl2N2O3S/c1-11(25)12-5-7-13(8-6-12)23-20(28)24-19(26)17-10-9-16(27-17)14-3-2-4-15(21)18(14)22/h2-10H,1H3,(H2,23,24,26,28). The van der Waals surface area contributed by atoms with Gasteiger partial charge in [-0.1, -0.05) is 29.3 Å². The minimum absolute atomic E-state index is 0.0316. The molecule has 0 aliphatic heterocycles. The van der Waals surface area contributed by atoms with Crippen molar-refractivity contribution in [1.82, 2.24) is 5.32 Å². The summed E-state index contributed by atoms with van der Waals surface area (Å²) in [5, 5.41) is 6.24. The van der Waals surface area contributed by atoms with Crippen LogP contribution in [0.3, 0.4) is 0 Å². The average molecular weight is 433 g/mol. The number of ketones is 1. The summed E-state index contributed by atoms with van der Waals surface area (Å²) >= 11 is 17.3. The normalized spacial score (nSPS) is 10.4. The molecule has 2 N–H and O–H groups in total. The lowest BCUT2D eigenvalue weighted by Gasteiger charge is -2.09. The van der Waals surface area contributed by atoms with Crippen LogP contribution in [-0.4, -0.2) is 16.8 Å². The largest absolute Gasteiger partial charge is 0.451 e. The van der Waals surface area contributed by atoms with Crippen LogP contribution in [0.4, 0.5) is 5.69 Å². The molecule has 28 heavy (non-hydrogen) atoms. The van der Waals surface area contributed by atoms with Gasteiger partial charge >= 0.3 is 0 Å². The summed E-state index contributed by atoms with van der Waals surface area (Å²) in [6, 6.07) is 15.0. The van der Waals surface area contributed by atoms with Crippen molar-refractivity contribution in [2.45, 2.75) is 6.92 Å². The van der Waals surface area contributed by atoms with Crippen LogP contribution in [0.2, 0.25) is 10.0 Å². The fourth-order valence-corrected chi connectivity index (χ4v) is 3.02. The molecular weight excluding hydrogens is 419 g/mol. The van der Waals surface area contributed by atoms with E-state index < -0.39 is 5.91 Å². The Morgan fingerprint density at radius 3 is 2.39 bits per heavy atom. The van der Waals surface area contributed by atoms with E-state index in [1.54, 1.807) is 48.5 Å². The monoisotopic (exact) mass is 432 g/mol. The lowest BCUT2D eigenvalue weighted by Crippen LogP contribution is -2.33. The van der Waals surface area contributed by atoms with Crippen LogP contribution < -0.4 is 10.6 Å². The average Bonchev–Trinajstić information content (AvgIpc) is 3.14. The Hall–Kier alpha value is -2.67. The zero-order valence-corrected chi connectivity index (χ0v) is 16.9. The van der Waals surface area contributed by atoms with Crippen LogP contribution in [-0.2, 0) is 0 Å². The number of nitrogens with one attached hydrogen (secondary N) is 2. The molecule has 142 valence electrons. The minimum atomic E-state index is -0.512. The van der Waals surface area contributed by atoms with Crippen molar-refractivity contribution in [3.63, 3.8) is 0 Å². The van der Waals surface area contributed by atoms with Crippen molar-refractivity contribution >= 4 is 57.9 Å². The van der Waals surface area contributed by atoms with Gasteiger partial charge in [-0.2, -0.15) is 0 Å². The number of hydrogen-bond acceptors (Lipinski definition) is 4. The summed E-state index contributed by atoms with van der Waals surface area (Å²) in [5.74, 6) is -0.0587. The van der Waals surface area contributed by atoms with Gasteiger partial charge in [-0.25, -0.2) is 0 Å². The third-order valence-corrected chi connectivity index (χ3v) is 4.85. The second-order valence-corrected chi connectivity index (χ2v) is 7.00. The van der Waals surface area contributed by atoms with Crippen molar-refractivity contribution in [2.75, 3.05) is 5.32 Å². The fraction of sp³-hybridized carbons (Fsp3) is 0.0500. The van der Waals surface area contributed by atoms with Crippen molar-refractivity contribution in [1.29, 1.82) is 0 Å². The van der Waals surface area contributed by atoms with Crippen LogP contribution in [0.25, 0.3) is 11.3 Å². The van der Waals surface area contributed by atoms with Gasteiger partial charge in [-0.3, -0.25) is 14.9 Å². The first kappa shape index (κ1) is 20.1. The van der Waals surface area contributed by atoms with Gasteiger partial charge in [0.25, 0.3) is 5.91 Å². The molecule has 0 bridgehead atoms. The topological polar surface area (TPSA) is 71.3 Å². The summed E-state index contributed by atoms with van der Waals surface area (Å²) in [7, 11) is 0. The van der Waals surface area contributed by atoms with Gasteiger partial charge < -0.3 is 9.73 Å². The van der Waals surface area contributed by atoms with Crippen molar-refractivity contribution in [3.05, 3.63) is 76.0 Å². The molecule has 3 rings (SSSR count). The number of amides is 1. The highest BCUT2D eigenvalue weighted by Crippen LogP contribution is 2.34. The molecule has 0 fully saturated rings. The zero-order chi connectivity index (χ0) is 20.3. The van der Waals surface area contributed by atoms with Gasteiger partial charge in [0.15, 0.2) is 16.7 Å². The Labute approximate surface area is 176 Å². The molecule has 0 aliphatic carbocycles. The zero-order valence-electron chi connectivity index (χ0n) is 14.6. The molecule has 3 aromatic rings. The van der Waals surface area contributed by atoms with Crippen LogP contribution in [0.1, 0.15) is 27.8 Å². The maximum atomic E-state index is 12.3. The van der Waals surface area contributed by atoms with Crippen LogP contribution in [0.15, 0.2) is 59.0 Å². The summed E-state index contributed by atoms with van der Waals surface area (Å²) in [5.41, 5.74) is 1.81. The molecule has 1 aromatic heterocycles. The van der Waals surface area contributed by atoms with Gasteiger partial charge in [0.2, 0.25) is 0 Å². The number of halogens is 2. The fourth-order valence-electron chi connectivity index (χ4n) is 2.41. The van der Waals surface area contributed by atoms with E-state index in [1.165, 1.54) is 13.0 Å². The smallest absolute Gasteiger partial charge is 0.293 e. The molecule has 2 aromatic carbocycles. The molecule has 0 unspecified atom stereocenters. The van der Waals surface area contributed by atoms with Gasteiger partial charge in [0, 0.05) is 16.8 Å². The van der Waals surface area contributed by atoms with E-state index in [0.29, 0.717) is 32.6 Å². The third-order valence-electron chi connectivity index (χ3n) is 3.82. The van der Waals surface area contributed by atoms with E-state index in [0.717, 1.165) is 0 Å². The first-order valence-electron chi connectivity index (χ1n) is 8.12. The summed E-state index contributed by atoms with van der Waals surface area (Å²) in [4.78, 5) is 23.6. The van der Waals surface area contributed by atoms with E-state index >= 15 is 0 Å². The molecule has 0 atom stereocenters. The van der Waals surface area contributed by atoms with Crippen molar-refractivity contribution in [3.8, 4) is 11.3 Å². The number of anilines is 1. The molecular formula is C20H14Cl2N2O3S. The Morgan fingerprint density at radius 2 is 1.71 bits per heavy atom. The second kappa shape index (κ2) is 8.56. The number of benzene rings is 2. The number of Topliss-reactive ketones (excluding diaryl/α,β-unsaturated/α-hetero) is 1. The highest BCUT2D eigenvalue weighted by molar-refractivity contribution is 7.80. The maximum absolute atomic E-state index is 12.3. The molecule has 0 aliphatic rings. The second-order valence-electron chi connectivity index (χ2n) is 5.81. The van der Waals surface area contributed by atoms with E-state index in [2.05, 4.69) is 10.6 Å². The Kier molecular flexibility index (Phi) is 6.14. The van der Waals surface area contributed by atoms with Gasteiger partial charge in [0.05, 0.1) is 10.0 Å². The molecule has 1 amide bonds. The van der Waals surface area contributed by atoms with Crippen molar-refractivity contribution < 1.29 is 14.0 Å². The number of rotatable bonds is 4. The molecule has 5 nitrogen and oxygen atoms in total. The summed E-state index contributed by atoms with van der Waals surface area (Å²) in [6.07, 6.45) is 0. The molecule has 0 saturated carbocycles. The van der Waals surface area contributed by atoms with Crippen LogP contribution in [0, 0.1) is 0 Å². The van der Waals surface area contributed by atoms with Gasteiger partial charge in [0.1, 0.15) is 5.76 Å². The lowest BCUT2D eigenvalue weighted by molar-refractivity contribution is 0.0950. The van der Waals surface area contributed by atoms with Crippen molar-refractivity contribution in [2.24, 2.45) is 0 Å². The Balaban J connectivity index is 1.66. The molecule has 1 heterocycles. The quantitative estimate of drug-likeness (QED) is 0.415. The maximum Gasteiger partial charge on any atom is 0.293 e. The van der Waals surface area contributed by atoms with Gasteiger partial charge in [-0.05, 0) is 67.7 Å². The number of carbonyl (C=O) groups is 2. The van der Waals surface area contributed by atoms with E-state index in [4.69, 9.17) is 39.8 Å². The molecule has 0 saturated heterocycles. The van der Waals surface area contributed by atoms with E-state index in [9.17, 15) is 9.59 Å². The molecule has 8 heteroatoms. The van der Waals surface area contributed by atoms with Crippen LogP contribution >= 0.6 is 35.4 Å². The van der Waals surface area contributed by atoms with E-state index in [1.807, 2.05) is 0 Å². The predicted molar refractivity (Wildman–Crippen MR) is 114 cm³/mol. The number of thiocarbonyl (C=S) groups is 1. The lowest BCUT2D eigenvalue weighted by atomic mass is 10.1. The first-order valence-corrected chi connectivity index (χ1v) is 9.29. The number of furan rings is 1. The predicted octanol–water partition coefficient (Wildman–Crippen LogP) is 5.58. The minimum Gasteiger partial charge on any atom is -0.451 e. The molecule has 0 spiro atoms. The highest BCUT2D eigenvalue weighted by atomic mass is 35.5. The highest BCUT2D eigenvalue weighted by Gasteiger charge is 2.16. The first-order chi connectivity index (χ1) is 13.3. The number of hydrogen-bond donors (Lipinski definition) is 2. The summed E-state index contributed by atoms with van der Waals surface area (Å²) < 4.78 is 5.58. The van der Waals surface area contributed by atoms with Gasteiger partial charge in [-0.15, -0.1) is 0 Å². The molecule has 0 radical (unpaired) electrons. The summed E-state index contributed by atoms with van der Waals surface area (Å²) in [6.45, 7) is 1.49. The third kappa shape index (κ3) is 4.59. The Morgan fingerprint density at radius 1 is 1.00 bits per heavy atom. The SMILES string of the molecule is CC(=O)c1ccc(NC(=S)NC(=O)c2ccc(-c3cccc(Cl)c3Cl)o2)cc1. The van der Waals surface area contributed by atoms with E-state index in [-0.39, 0.29) is 16.7 Å². The van der Waals surface area contributed by atoms with Crippen LogP contribution in [0.5, 0.6) is 0 Å². The Bertz CT molecular complexity index is 1060.